The molecule has 0 spiro atoms. The van der Waals surface area contributed by atoms with Crippen LogP contribution in [0, 0.1) is 5.92 Å². The molecule has 1 aliphatic rings. The van der Waals surface area contributed by atoms with Crippen LogP contribution in [0.5, 0.6) is 0 Å². The maximum atomic E-state index is 12.9. The summed E-state index contributed by atoms with van der Waals surface area (Å²) < 4.78 is 1.43. The van der Waals surface area contributed by atoms with Crippen LogP contribution in [0.15, 0.2) is 40.3 Å². The molecular formula is C18H18N4O3. The molecule has 7 heteroatoms. The number of Topliss-reactive ketones (excluding diaryl/α,β-unsaturated/α-hetero) is 1. The van der Waals surface area contributed by atoms with Crippen molar-refractivity contribution in [2.75, 3.05) is 13.1 Å². The third-order valence-electron chi connectivity index (χ3n) is 4.90. The number of pyridine rings is 3. The van der Waals surface area contributed by atoms with Crippen molar-refractivity contribution in [3.05, 3.63) is 51.4 Å². The van der Waals surface area contributed by atoms with Crippen LogP contribution >= 0.6 is 0 Å². The zero-order valence-electron chi connectivity index (χ0n) is 13.6. The van der Waals surface area contributed by atoms with E-state index in [-0.39, 0.29) is 29.4 Å². The number of rotatable bonds is 3. The number of hydrogen-bond acceptors (Lipinski definition) is 5. The number of aromatic amines is 1. The van der Waals surface area contributed by atoms with E-state index in [0.717, 1.165) is 25.9 Å². The summed E-state index contributed by atoms with van der Waals surface area (Å²) in [4.78, 5) is 44.7. The highest BCUT2D eigenvalue weighted by Gasteiger charge is 2.23. The van der Waals surface area contributed by atoms with Gasteiger partial charge in [-0.05, 0) is 38.1 Å². The first kappa shape index (κ1) is 15.7. The molecule has 0 radical (unpaired) electrons. The average Bonchev–Trinajstić information content (AvgIpc) is 2.65. The van der Waals surface area contributed by atoms with Gasteiger partial charge in [0.15, 0.2) is 5.78 Å². The number of fused-ring (bicyclic) bond motifs is 3. The summed E-state index contributed by atoms with van der Waals surface area (Å²) in [5.74, 6) is -0.00285. The van der Waals surface area contributed by atoms with Gasteiger partial charge in [-0.3, -0.25) is 19.4 Å². The standard InChI is InChI=1S/C18H18N4O3/c23-15(11-1-5-19-6-2-11)10-22-14-4-8-21-17(24)16(14)13-9-20-7-3-12(13)18(22)25/h3-4,7-9,11,19H,1-2,5-6,10H2,(H,21,24). The Morgan fingerprint density at radius 1 is 1.20 bits per heavy atom. The van der Waals surface area contributed by atoms with Gasteiger partial charge >= 0.3 is 0 Å². The van der Waals surface area contributed by atoms with E-state index >= 15 is 0 Å². The molecule has 0 saturated carbocycles. The van der Waals surface area contributed by atoms with Gasteiger partial charge in [-0.25, -0.2) is 0 Å². The van der Waals surface area contributed by atoms with Crippen LogP contribution in [0.4, 0.5) is 0 Å². The molecule has 0 aliphatic carbocycles. The van der Waals surface area contributed by atoms with Gasteiger partial charge in [-0.15, -0.1) is 0 Å². The highest BCUT2D eigenvalue weighted by Crippen LogP contribution is 2.20. The summed E-state index contributed by atoms with van der Waals surface area (Å²) in [6.45, 7) is 1.62. The maximum absolute atomic E-state index is 12.9. The van der Waals surface area contributed by atoms with E-state index < -0.39 is 0 Å². The van der Waals surface area contributed by atoms with E-state index in [0.29, 0.717) is 21.7 Å². The molecule has 0 amide bonds. The molecule has 0 unspecified atom stereocenters. The molecule has 3 aromatic heterocycles. The van der Waals surface area contributed by atoms with Crippen molar-refractivity contribution in [1.82, 2.24) is 19.9 Å². The molecule has 1 saturated heterocycles. The number of aromatic nitrogens is 3. The van der Waals surface area contributed by atoms with Crippen LogP contribution in [-0.2, 0) is 11.3 Å². The third-order valence-corrected chi connectivity index (χ3v) is 4.90. The SMILES string of the molecule is O=C(Cn1c(=O)c2ccncc2c2c(=O)[nH]ccc21)C1CCNCC1. The van der Waals surface area contributed by atoms with Gasteiger partial charge in [0, 0.05) is 29.9 Å². The second-order valence-corrected chi connectivity index (χ2v) is 6.37. The van der Waals surface area contributed by atoms with Crippen molar-refractivity contribution in [3.8, 4) is 0 Å². The van der Waals surface area contributed by atoms with Crippen molar-refractivity contribution in [3.63, 3.8) is 0 Å². The maximum Gasteiger partial charge on any atom is 0.259 e. The molecule has 7 nitrogen and oxygen atoms in total. The largest absolute Gasteiger partial charge is 0.328 e. The molecule has 3 aromatic rings. The summed E-state index contributed by atoms with van der Waals surface area (Å²) in [5, 5.41) is 4.53. The van der Waals surface area contributed by atoms with Gasteiger partial charge < -0.3 is 14.9 Å². The lowest BCUT2D eigenvalue weighted by Gasteiger charge is -2.22. The van der Waals surface area contributed by atoms with E-state index in [4.69, 9.17) is 0 Å². The van der Waals surface area contributed by atoms with E-state index in [2.05, 4.69) is 15.3 Å². The average molecular weight is 338 g/mol. The second-order valence-electron chi connectivity index (χ2n) is 6.37. The smallest absolute Gasteiger partial charge is 0.259 e. The van der Waals surface area contributed by atoms with E-state index in [1.54, 1.807) is 12.1 Å². The number of H-pyrrole nitrogens is 1. The van der Waals surface area contributed by atoms with Crippen molar-refractivity contribution in [2.24, 2.45) is 5.92 Å². The number of nitrogens with zero attached hydrogens (tertiary/aromatic N) is 2. The molecule has 1 fully saturated rings. The molecule has 2 N–H and O–H groups in total. The summed E-state index contributed by atoms with van der Waals surface area (Å²) in [7, 11) is 0. The van der Waals surface area contributed by atoms with Crippen LogP contribution in [0.1, 0.15) is 12.8 Å². The van der Waals surface area contributed by atoms with Crippen molar-refractivity contribution in [2.45, 2.75) is 19.4 Å². The van der Waals surface area contributed by atoms with Gasteiger partial charge in [0.2, 0.25) is 0 Å². The highest BCUT2D eigenvalue weighted by molar-refractivity contribution is 6.04. The summed E-state index contributed by atoms with van der Waals surface area (Å²) >= 11 is 0. The van der Waals surface area contributed by atoms with Gasteiger partial charge in [-0.2, -0.15) is 0 Å². The molecule has 0 aromatic carbocycles. The Bertz CT molecular complexity index is 1080. The first-order chi connectivity index (χ1) is 12.2. The number of nitrogens with one attached hydrogen (secondary N) is 2. The topological polar surface area (TPSA) is 96.8 Å². The van der Waals surface area contributed by atoms with E-state index in [1.165, 1.54) is 23.2 Å². The minimum Gasteiger partial charge on any atom is -0.328 e. The Balaban J connectivity index is 1.91. The molecular weight excluding hydrogens is 320 g/mol. The van der Waals surface area contributed by atoms with Crippen LogP contribution in [0.3, 0.4) is 0 Å². The molecule has 4 rings (SSSR count). The molecule has 4 heterocycles. The first-order valence-corrected chi connectivity index (χ1v) is 8.38. The molecule has 0 bridgehead atoms. The fourth-order valence-corrected chi connectivity index (χ4v) is 3.57. The molecule has 0 atom stereocenters. The van der Waals surface area contributed by atoms with Crippen LogP contribution < -0.4 is 16.4 Å². The monoisotopic (exact) mass is 338 g/mol. The van der Waals surface area contributed by atoms with E-state index in [9.17, 15) is 14.4 Å². The van der Waals surface area contributed by atoms with Crippen LogP contribution in [0.25, 0.3) is 21.7 Å². The predicted molar refractivity (Wildman–Crippen MR) is 94.7 cm³/mol. The van der Waals surface area contributed by atoms with Crippen molar-refractivity contribution >= 4 is 27.5 Å². The lowest BCUT2D eigenvalue weighted by Crippen LogP contribution is -2.35. The minimum atomic E-state index is -0.293. The number of carbonyl (C=O) groups excluding carboxylic acids is 1. The summed E-state index contributed by atoms with van der Waals surface area (Å²) in [6, 6.07) is 3.26. The number of carbonyl (C=O) groups is 1. The number of piperidine rings is 1. The number of ketones is 1. The Morgan fingerprint density at radius 2 is 2.00 bits per heavy atom. The fourth-order valence-electron chi connectivity index (χ4n) is 3.57. The summed E-state index contributed by atoms with van der Waals surface area (Å²) in [6.07, 6.45) is 6.10. The van der Waals surface area contributed by atoms with Gasteiger partial charge in [0.1, 0.15) is 0 Å². The fraction of sp³-hybridized carbons (Fsp3) is 0.333. The number of hydrogen-bond donors (Lipinski definition) is 2. The summed E-state index contributed by atoms with van der Waals surface area (Å²) in [5.41, 5.74) is -0.0899. The first-order valence-electron chi connectivity index (χ1n) is 8.38. The lowest BCUT2D eigenvalue weighted by molar-refractivity contribution is -0.124. The Morgan fingerprint density at radius 3 is 2.80 bits per heavy atom. The lowest BCUT2D eigenvalue weighted by atomic mass is 9.93. The molecule has 1 aliphatic heterocycles. The Labute approximate surface area is 142 Å². The Hall–Kier alpha value is -2.80. The van der Waals surface area contributed by atoms with Gasteiger partial charge in [0.25, 0.3) is 11.1 Å². The zero-order chi connectivity index (χ0) is 17.4. The molecule has 25 heavy (non-hydrogen) atoms. The third kappa shape index (κ3) is 2.66. The normalized spacial score (nSPS) is 15.7. The van der Waals surface area contributed by atoms with Gasteiger partial charge in [-0.1, -0.05) is 0 Å². The van der Waals surface area contributed by atoms with E-state index in [1.807, 2.05) is 0 Å². The predicted octanol–water partition coefficient (Wildman–Crippen LogP) is 0.807. The van der Waals surface area contributed by atoms with Crippen molar-refractivity contribution in [1.29, 1.82) is 0 Å². The highest BCUT2D eigenvalue weighted by atomic mass is 16.1. The van der Waals surface area contributed by atoms with Crippen LogP contribution in [-0.4, -0.2) is 33.4 Å². The molecule has 128 valence electrons. The van der Waals surface area contributed by atoms with Crippen LogP contribution in [0.2, 0.25) is 0 Å². The zero-order valence-corrected chi connectivity index (χ0v) is 13.6. The second kappa shape index (κ2) is 6.25. The Kier molecular flexibility index (Phi) is 3.93. The van der Waals surface area contributed by atoms with Gasteiger partial charge in [0.05, 0.1) is 22.8 Å². The van der Waals surface area contributed by atoms with Crippen molar-refractivity contribution < 1.29 is 4.79 Å². The quantitative estimate of drug-likeness (QED) is 0.689. The minimum absolute atomic E-state index is 0.0122.